The minimum absolute atomic E-state index is 0.00335. The summed E-state index contributed by atoms with van der Waals surface area (Å²) in [5, 5.41) is 4.81. The van der Waals surface area contributed by atoms with Crippen LogP contribution in [0.15, 0.2) is 42.5 Å². The van der Waals surface area contributed by atoms with Crippen molar-refractivity contribution >= 4 is 17.5 Å². The Morgan fingerprint density at radius 1 is 1.17 bits per heavy atom. The zero-order valence-corrected chi connectivity index (χ0v) is 17.5. The molecular formula is C22H23ClN4O2. The van der Waals surface area contributed by atoms with Crippen LogP contribution in [0.5, 0.6) is 5.75 Å². The van der Waals surface area contributed by atoms with E-state index in [1.807, 2.05) is 49.1 Å². The Bertz CT molecular complexity index is 1050. The molecule has 1 unspecified atom stereocenters. The molecule has 1 amide bonds. The predicted octanol–water partition coefficient (Wildman–Crippen LogP) is 4.52. The average molecular weight is 411 g/mol. The van der Waals surface area contributed by atoms with Gasteiger partial charge >= 0.3 is 0 Å². The Morgan fingerprint density at radius 2 is 1.93 bits per heavy atom. The van der Waals surface area contributed by atoms with Crippen LogP contribution in [-0.4, -0.2) is 39.2 Å². The first kappa shape index (κ1) is 19.5. The SMILES string of the molecule is COc1ccc(C2CCCN2C(=O)c2nc(-n3nc(C)cc3C)ccc2Cl)cc1. The summed E-state index contributed by atoms with van der Waals surface area (Å²) in [6, 6.07) is 13.3. The topological polar surface area (TPSA) is 60.2 Å². The van der Waals surface area contributed by atoms with Gasteiger partial charge in [0.2, 0.25) is 0 Å². The third-order valence-electron chi connectivity index (χ3n) is 5.27. The minimum Gasteiger partial charge on any atom is -0.497 e. The Morgan fingerprint density at radius 3 is 2.59 bits per heavy atom. The Hall–Kier alpha value is -2.86. The highest BCUT2D eigenvalue weighted by Crippen LogP contribution is 2.34. The van der Waals surface area contributed by atoms with Gasteiger partial charge in [0, 0.05) is 12.2 Å². The number of methoxy groups -OCH3 is 1. The molecule has 150 valence electrons. The van der Waals surface area contributed by atoms with E-state index >= 15 is 0 Å². The van der Waals surface area contributed by atoms with E-state index < -0.39 is 0 Å². The Balaban J connectivity index is 1.66. The van der Waals surface area contributed by atoms with Gasteiger partial charge in [-0.3, -0.25) is 4.79 Å². The van der Waals surface area contributed by atoms with E-state index in [1.165, 1.54) is 0 Å². The maximum absolute atomic E-state index is 13.4. The highest BCUT2D eigenvalue weighted by molar-refractivity contribution is 6.33. The van der Waals surface area contributed by atoms with Gasteiger partial charge in [-0.05, 0) is 62.6 Å². The maximum Gasteiger partial charge on any atom is 0.274 e. The molecule has 3 aromatic rings. The molecule has 1 aromatic carbocycles. The van der Waals surface area contributed by atoms with E-state index in [-0.39, 0.29) is 17.6 Å². The molecule has 7 heteroatoms. The molecule has 0 aliphatic carbocycles. The first-order chi connectivity index (χ1) is 14.0. The van der Waals surface area contributed by atoms with Crippen LogP contribution in [0.1, 0.15) is 46.3 Å². The summed E-state index contributed by atoms with van der Waals surface area (Å²) in [6.45, 7) is 4.56. The van der Waals surface area contributed by atoms with Crippen molar-refractivity contribution < 1.29 is 9.53 Å². The van der Waals surface area contributed by atoms with Crippen molar-refractivity contribution in [3.63, 3.8) is 0 Å². The summed E-state index contributed by atoms with van der Waals surface area (Å²) >= 11 is 6.38. The number of rotatable bonds is 4. The lowest BCUT2D eigenvalue weighted by Crippen LogP contribution is -2.31. The molecule has 1 saturated heterocycles. The Labute approximate surface area is 175 Å². The molecule has 29 heavy (non-hydrogen) atoms. The summed E-state index contributed by atoms with van der Waals surface area (Å²) in [6.07, 6.45) is 1.85. The van der Waals surface area contributed by atoms with Crippen molar-refractivity contribution in [2.75, 3.05) is 13.7 Å². The number of aryl methyl sites for hydroxylation is 2. The minimum atomic E-state index is -0.156. The lowest BCUT2D eigenvalue weighted by atomic mass is 10.0. The molecule has 0 spiro atoms. The highest BCUT2D eigenvalue weighted by atomic mass is 35.5. The van der Waals surface area contributed by atoms with Crippen LogP contribution in [0.25, 0.3) is 5.82 Å². The number of benzene rings is 1. The van der Waals surface area contributed by atoms with Crippen LogP contribution < -0.4 is 4.74 Å². The summed E-state index contributed by atoms with van der Waals surface area (Å²) in [4.78, 5) is 19.8. The van der Waals surface area contributed by atoms with Gasteiger partial charge in [-0.25, -0.2) is 9.67 Å². The van der Waals surface area contributed by atoms with E-state index in [1.54, 1.807) is 23.9 Å². The number of hydrogen-bond acceptors (Lipinski definition) is 4. The number of aromatic nitrogens is 3. The van der Waals surface area contributed by atoms with Gasteiger partial charge in [0.1, 0.15) is 11.4 Å². The van der Waals surface area contributed by atoms with Gasteiger partial charge in [-0.2, -0.15) is 5.10 Å². The molecule has 2 aromatic heterocycles. The first-order valence-electron chi connectivity index (χ1n) is 9.63. The van der Waals surface area contributed by atoms with Crippen LogP contribution in [0, 0.1) is 13.8 Å². The van der Waals surface area contributed by atoms with Crippen molar-refractivity contribution in [2.24, 2.45) is 0 Å². The number of hydrogen-bond donors (Lipinski definition) is 0. The molecule has 0 bridgehead atoms. The number of halogens is 1. The lowest BCUT2D eigenvalue weighted by Gasteiger charge is -2.25. The van der Waals surface area contributed by atoms with Crippen molar-refractivity contribution in [3.8, 4) is 11.6 Å². The molecule has 1 aliphatic rings. The maximum atomic E-state index is 13.4. The fraction of sp³-hybridized carbons (Fsp3) is 0.318. The van der Waals surface area contributed by atoms with Crippen molar-refractivity contribution in [3.05, 3.63) is 70.1 Å². The first-order valence-corrected chi connectivity index (χ1v) is 10.0. The number of amides is 1. The number of pyridine rings is 1. The third-order valence-corrected chi connectivity index (χ3v) is 5.58. The molecule has 3 heterocycles. The average Bonchev–Trinajstić information content (AvgIpc) is 3.34. The molecule has 6 nitrogen and oxygen atoms in total. The second kappa shape index (κ2) is 7.87. The summed E-state index contributed by atoms with van der Waals surface area (Å²) < 4.78 is 6.97. The second-order valence-electron chi connectivity index (χ2n) is 7.27. The van der Waals surface area contributed by atoms with Crippen LogP contribution >= 0.6 is 11.6 Å². The van der Waals surface area contributed by atoms with Crippen LogP contribution in [0.3, 0.4) is 0 Å². The largest absolute Gasteiger partial charge is 0.497 e. The van der Waals surface area contributed by atoms with E-state index in [0.29, 0.717) is 17.4 Å². The lowest BCUT2D eigenvalue weighted by molar-refractivity contribution is 0.0730. The van der Waals surface area contributed by atoms with Crippen molar-refractivity contribution in [2.45, 2.75) is 32.7 Å². The summed E-state index contributed by atoms with van der Waals surface area (Å²) in [7, 11) is 1.64. The van der Waals surface area contributed by atoms with Gasteiger partial charge in [0.25, 0.3) is 5.91 Å². The van der Waals surface area contributed by atoms with E-state index in [0.717, 1.165) is 35.5 Å². The zero-order chi connectivity index (χ0) is 20.5. The normalized spacial score (nSPS) is 16.3. The fourth-order valence-electron chi connectivity index (χ4n) is 3.88. The number of carbonyl (C=O) groups is 1. The van der Waals surface area contributed by atoms with Crippen LogP contribution in [-0.2, 0) is 0 Å². The highest BCUT2D eigenvalue weighted by Gasteiger charge is 2.32. The standard InChI is InChI=1S/C22H23ClN4O2/c1-14-13-15(2)27(25-14)20-11-10-18(23)21(24-20)22(28)26-12-4-5-19(26)16-6-8-17(29-3)9-7-16/h6-11,13,19H,4-5,12H2,1-3H3. The van der Waals surface area contributed by atoms with Crippen molar-refractivity contribution in [1.29, 1.82) is 0 Å². The Kier molecular flexibility index (Phi) is 5.28. The van der Waals surface area contributed by atoms with Gasteiger partial charge in [-0.1, -0.05) is 23.7 Å². The quantitative estimate of drug-likeness (QED) is 0.634. The number of ether oxygens (including phenoxy) is 1. The molecule has 4 rings (SSSR count). The zero-order valence-electron chi connectivity index (χ0n) is 16.7. The van der Waals surface area contributed by atoms with E-state index in [9.17, 15) is 4.79 Å². The molecule has 1 fully saturated rings. The van der Waals surface area contributed by atoms with Gasteiger partial charge in [-0.15, -0.1) is 0 Å². The number of likely N-dealkylation sites (tertiary alicyclic amines) is 1. The van der Waals surface area contributed by atoms with Gasteiger partial charge < -0.3 is 9.64 Å². The van der Waals surface area contributed by atoms with Crippen LogP contribution in [0.4, 0.5) is 0 Å². The van der Waals surface area contributed by atoms with E-state index in [2.05, 4.69) is 10.1 Å². The van der Waals surface area contributed by atoms with Gasteiger partial charge in [0.15, 0.2) is 5.82 Å². The smallest absolute Gasteiger partial charge is 0.274 e. The molecule has 0 saturated carbocycles. The molecule has 1 atom stereocenters. The van der Waals surface area contributed by atoms with Gasteiger partial charge in [0.05, 0.1) is 23.9 Å². The van der Waals surface area contributed by atoms with Crippen LogP contribution in [0.2, 0.25) is 5.02 Å². The molecule has 1 aliphatic heterocycles. The monoisotopic (exact) mass is 410 g/mol. The molecule has 0 radical (unpaired) electrons. The number of nitrogens with zero attached hydrogens (tertiary/aromatic N) is 4. The van der Waals surface area contributed by atoms with E-state index in [4.69, 9.17) is 16.3 Å². The number of carbonyl (C=O) groups excluding carboxylic acids is 1. The summed E-state index contributed by atoms with van der Waals surface area (Å²) in [5.41, 5.74) is 3.19. The third kappa shape index (κ3) is 3.72. The molecular weight excluding hydrogens is 388 g/mol. The fourth-order valence-corrected chi connectivity index (χ4v) is 4.07. The predicted molar refractivity (Wildman–Crippen MR) is 112 cm³/mol. The summed E-state index contributed by atoms with van der Waals surface area (Å²) in [5.74, 6) is 1.23. The second-order valence-corrected chi connectivity index (χ2v) is 7.68. The molecule has 0 N–H and O–H groups in total. The van der Waals surface area contributed by atoms with Crippen molar-refractivity contribution in [1.82, 2.24) is 19.7 Å².